The molecule has 0 aromatic carbocycles. The van der Waals surface area contributed by atoms with Crippen molar-refractivity contribution in [2.45, 2.75) is 77.8 Å². The molecule has 1 aromatic rings. The lowest BCUT2D eigenvalue weighted by Gasteiger charge is -2.22. The number of hydrogen-bond acceptors (Lipinski definition) is 4. The average Bonchev–Trinajstić information content (AvgIpc) is 3.07. The van der Waals surface area contributed by atoms with E-state index in [1.165, 1.54) is 19.3 Å². The van der Waals surface area contributed by atoms with Crippen molar-refractivity contribution in [2.24, 2.45) is 4.99 Å². The number of amides is 1. The van der Waals surface area contributed by atoms with Crippen LogP contribution in [0.2, 0.25) is 0 Å². The van der Waals surface area contributed by atoms with E-state index in [1.807, 2.05) is 0 Å². The van der Waals surface area contributed by atoms with Crippen LogP contribution in [0.3, 0.4) is 0 Å². The first-order valence-electron chi connectivity index (χ1n) is 9.88. The number of aliphatic imine (C=N–C) groups is 1. The summed E-state index contributed by atoms with van der Waals surface area (Å²) in [5.41, 5.74) is 2.09. The van der Waals surface area contributed by atoms with E-state index in [-0.39, 0.29) is 29.9 Å². The predicted octanol–water partition coefficient (Wildman–Crippen LogP) is 2.92. The van der Waals surface area contributed by atoms with Crippen LogP contribution in [-0.4, -0.2) is 36.7 Å². The minimum atomic E-state index is 0. The topological polar surface area (TPSA) is 91.6 Å². The molecule has 1 aliphatic carbocycles. The second-order valence-electron chi connectivity index (χ2n) is 6.74. The van der Waals surface area contributed by atoms with E-state index in [9.17, 15) is 4.79 Å². The van der Waals surface area contributed by atoms with Crippen molar-refractivity contribution in [3.63, 3.8) is 0 Å². The van der Waals surface area contributed by atoms with Gasteiger partial charge in [-0.1, -0.05) is 38.3 Å². The van der Waals surface area contributed by atoms with Gasteiger partial charge in [-0.25, -0.2) is 0 Å². The summed E-state index contributed by atoms with van der Waals surface area (Å²) in [6, 6.07) is 0.363. The van der Waals surface area contributed by atoms with E-state index >= 15 is 0 Å². The zero-order valence-electron chi connectivity index (χ0n) is 16.8. The Morgan fingerprint density at radius 3 is 2.56 bits per heavy atom. The number of halogens is 1. The van der Waals surface area contributed by atoms with E-state index in [4.69, 9.17) is 4.52 Å². The van der Waals surface area contributed by atoms with Gasteiger partial charge in [0.25, 0.3) is 0 Å². The minimum absolute atomic E-state index is 0. The maximum absolute atomic E-state index is 12.1. The van der Waals surface area contributed by atoms with Gasteiger partial charge in [-0.05, 0) is 19.3 Å². The number of aryl methyl sites for hydroxylation is 2. The summed E-state index contributed by atoms with van der Waals surface area (Å²) in [4.78, 5) is 16.3. The van der Waals surface area contributed by atoms with Crippen molar-refractivity contribution in [1.29, 1.82) is 0 Å². The van der Waals surface area contributed by atoms with Gasteiger partial charge in [-0.15, -0.1) is 24.0 Å². The highest BCUT2D eigenvalue weighted by Gasteiger charge is 2.16. The summed E-state index contributed by atoms with van der Waals surface area (Å²) in [6.45, 7) is 5.30. The van der Waals surface area contributed by atoms with Crippen molar-refractivity contribution in [3.05, 3.63) is 17.0 Å². The van der Waals surface area contributed by atoms with Crippen molar-refractivity contribution in [1.82, 2.24) is 21.1 Å². The van der Waals surface area contributed by atoms with Crippen LogP contribution in [0.4, 0.5) is 0 Å². The van der Waals surface area contributed by atoms with Gasteiger partial charge < -0.3 is 20.5 Å². The van der Waals surface area contributed by atoms with E-state index in [0.717, 1.165) is 42.7 Å². The Kier molecular flexibility index (Phi) is 11.4. The highest BCUT2D eigenvalue weighted by atomic mass is 127. The van der Waals surface area contributed by atoms with Gasteiger partial charge in [-0.3, -0.25) is 9.79 Å². The first-order valence-corrected chi connectivity index (χ1v) is 9.88. The van der Waals surface area contributed by atoms with Gasteiger partial charge in [0.1, 0.15) is 5.76 Å². The number of rotatable bonds is 8. The zero-order chi connectivity index (χ0) is 18.8. The predicted molar refractivity (Wildman–Crippen MR) is 119 cm³/mol. The Hall–Kier alpha value is -1.32. The van der Waals surface area contributed by atoms with Crippen molar-refractivity contribution < 1.29 is 9.32 Å². The van der Waals surface area contributed by atoms with Crippen LogP contribution >= 0.6 is 24.0 Å². The van der Waals surface area contributed by atoms with Crippen LogP contribution in [0.15, 0.2) is 9.52 Å². The SMILES string of the molecule is CCc1noc(CC)c1CNC(=NC)NCCC(=O)NC1CCCCC1.I. The second-order valence-corrected chi connectivity index (χ2v) is 6.74. The first kappa shape index (κ1) is 23.7. The van der Waals surface area contributed by atoms with Crippen molar-refractivity contribution in [3.8, 4) is 0 Å². The largest absolute Gasteiger partial charge is 0.361 e. The summed E-state index contributed by atoms with van der Waals surface area (Å²) in [7, 11) is 1.73. The lowest BCUT2D eigenvalue weighted by molar-refractivity contribution is -0.121. The standard InChI is InChI=1S/C19H33N5O2.HI/c1-4-16-15(17(5-2)26-24-16)13-22-19(20-3)21-12-11-18(25)23-14-9-7-6-8-10-14;/h14H,4-13H2,1-3H3,(H,23,25)(H2,20,21,22);1H. The molecule has 0 atom stereocenters. The normalized spacial score (nSPS) is 15.1. The molecule has 0 unspecified atom stereocenters. The summed E-state index contributed by atoms with van der Waals surface area (Å²) in [5, 5.41) is 13.7. The highest BCUT2D eigenvalue weighted by molar-refractivity contribution is 14.0. The second kappa shape index (κ2) is 13.0. The third-order valence-corrected chi connectivity index (χ3v) is 4.88. The van der Waals surface area contributed by atoms with Crippen LogP contribution in [-0.2, 0) is 24.2 Å². The molecule has 1 heterocycles. The molecule has 0 saturated heterocycles. The lowest BCUT2D eigenvalue weighted by Crippen LogP contribution is -2.41. The fraction of sp³-hybridized carbons (Fsp3) is 0.737. The summed E-state index contributed by atoms with van der Waals surface area (Å²) in [6.07, 6.45) is 8.07. The quantitative estimate of drug-likeness (QED) is 0.296. The molecule has 1 saturated carbocycles. The molecule has 1 aromatic heterocycles. The Balaban J connectivity index is 0.00000364. The van der Waals surface area contributed by atoms with Crippen LogP contribution < -0.4 is 16.0 Å². The average molecular weight is 491 g/mol. The number of carbonyl (C=O) groups excluding carboxylic acids is 1. The van der Waals surface area contributed by atoms with E-state index < -0.39 is 0 Å². The molecule has 0 bridgehead atoms. The first-order chi connectivity index (χ1) is 12.7. The van der Waals surface area contributed by atoms with Crippen LogP contribution in [0, 0.1) is 0 Å². The Morgan fingerprint density at radius 1 is 1.19 bits per heavy atom. The number of aromatic nitrogens is 1. The van der Waals surface area contributed by atoms with Gasteiger partial charge in [0.2, 0.25) is 5.91 Å². The molecule has 7 nitrogen and oxygen atoms in total. The monoisotopic (exact) mass is 491 g/mol. The fourth-order valence-corrected chi connectivity index (χ4v) is 3.37. The van der Waals surface area contributed by atoms with Crippen molar-refractivity contribution in [2.75, 3.05) is 13.6 Å². The molecular formula is C19H34IN5O2. The molecule has 0 spiro atoms. The smallest absolute Gasteiger partial charge is 0.221 e. The van der Waals surface area contributed by atoms with Gasteiger partial charge >= 0.3 is 0 Å². The number of guanidine groups is 1. The Bertz CT molecular complexity index is 575. The van der Waals surface area contributed by atoms with Gasteiger partial charge in [-0.2, -0.15) is 0 Å². The maximum Gasteiger partial charge on any atom is 0.221 e. The summed E-state index contributed by atoms with van der Waals surface area (Å²) >= 11 is 0. The Labute approximate surface area is 179 Å². The highest BCUT2D eigenvalue weighted by Crippen LogP contribution is 2.17. The van der Waals surface area contributed by atoms with E-state index in [0.29, 0.717) is 31.5 Å². The lowest BCUT2D eigenvalue weighted by atomic mass is 9.95. The van der Waals surface area contributed by atoms with Crippen LogP contribution in [0.1, 0.15) is 69.4 Å². The zero-order valence-corrected chi connectivity index (χ0v) is 19.1. The van der Waals surface area contributed by atoms with Gasteiger partial charge in [0.05, 0.1) is 5.69 Å². The molecule has 1 fully saturated rings. The fourth-order valence-electron chi connectivity index (χ4n) is 3.37. The summed E-state index contributed by atoms with van der Waals surface area (Å²) < 4.78 is 5.38. The Morgan fingerprint density at radius 2 is 1.93 bits per heavy atom. The maximum atomic E-state index is 12.1. The van der Waals surface area contributed by atoms with Gasteiger partial charge in [0, 0.05) is 44.6 Å². The third kappa shape index (κ3) is 7.67. The molecular weight excluding hydrogens is 457 g/mol. The molecule has 2 rings (SSSR count). The summed E-state index contributed by atoms with van der Waals surface area (Å²) in [5.74, 6) is 1.71. The molecule has 1 amide bonds. The minimum Gasteiger partial charge on any atom is -0.361 e. The van der Waals surface area contributed by atoms with E-state index in [1.54, 1.807) is 7.05 Å². The molecule has 3 N–H and O–H groups in total. The molecule has 154 valence electrons. The third-order valence-electron chi connectivity index (χ3n) is 4.88. The number of nitrogens with one attached hydrogen (secondary N) is 3. The van der Waals surface area contributed by atoms with Crippen molar-refractivity contribution >= 4 is 35.8 Å². The van der Waals surface area contributed by atoms with Crippen LogP contribution in [0.5, 0.6) is 0 Å². The number of nitrogens with zero attached hydrogens (tertiary/aromatic N) is 2. The van der Waals surface area contributed by atoms with E-state index in [2.05, 4.69) is 39.9 Å². The van der Waals surface area contributed by atoms with Gasteiger partial charge in [0.15, 0.2) is 5.96 Å². The molecule has 8 heteroatoms. The number of carbonyl (C=O) groups is 1. The molecule has 0 radical (unpaired) electrons. The number of hydrogen-bond donors (Lipinski definition) is 3. The molecule has 27 heavy (non-hydrogen) atoms. The van der Waals surface area contributed by atoms with Crippen LogP contribution in [0.25, 0.3) is 0 Å². The molecule has 1 aliphatic rings. The molecule has 0 aliphatic heterocycles.